The molecule has 2 aromatic heterocycles. The summed E-state index contributed by atoms with van der Waals surface area (Å²) in [5, 5.41) is 0. The first kappa shape index (κ1) is 15.1. The molecule has 5 nitrogen and oxygen atoms in total. The van der Waals surface area contributed by atoms with Crippen LogP contribution in [0.4, 0.5) is 0 Å². The van der Waals surface area contributed by atoms with Gasteiger partial charge in [0, 0.05) is 50.5 Å². The number of fused-ring (bicyclic) bond motifs is 1. The normalized spacial score (nSPS) is 27.6. The Hall–Kier alpha value is -1.46. The van der Waals surface area contributed by atoms with Crippen molar-refractivity contribution in [2.24, 2.45) is 0 Å². The van der Waals surface area contributed by atoms with E-state index in [0.29, 0.717) is 5.92 Å². The maximum atomic E-state index is 4.73. The van der Waals surface area contributed by atoms with Crippen molar-refractivity contribution in [2.45, 2.75) is 44.6 Å². The fourth-order valence-electron chi connectivity index (χ4n) is 4.27. The van der Waals surface area contributed by atoms with Crippen molar-refractivity contribution in [1.82, 2.24) is 24.2 Å². The molecule has 4 rings (SSSR count). The van der Waals surface area contributed by atoms with Gasteiger partial charge >= 0.3 is 0 Å². The molecule has 2 fully saturated rings. The molecule has 0 atom stereocenters. The first-order valence-electron chi connectivity index (χ1n) is 8.93. The number of aryl methyl sites for hydroxylation is 1. The highest BCUT2D eigenvalue weighted by Crippen LogP contribution is 2.34. The molecule has 1 aliphatic heterocycles. The van der Waals surface area contributed by atoms with Gasteiger partial charge < -0.3 is 9.30 Å². The van der Waals surface area contributed by atoms with Gasteiger partial charge in [0.25, 0.3) is 0 Å². The van der Waals surface area contributed by atoms with E-state index in [1.54, 1.807) is 0 Å². The average Bonchev–Trinajstić information content (AvgIpc) is 3.01. The fourth-order valence-corrected chi connectivity index (χ4v) is 4.27. The summed E-state index contributed by atoms with van der Waals surface area (Å²) in [6.45, 7) is 6.98. The van der Waals surface area contributed by atoms with Gasteiger partial charge in [0.1, 0.15) is 5.82 Å². The second kappa shape index (κ2) is 6.21. The quantitative estimate of drug-likeness (QED) is 0.852. The Morgan fingerprint density at radius 2 is 1.74 bits per heavy atom. The lowest BCUT2D eigenvalue weighted by Crippen LogP contribution is -2.49. The van der Waals surface area contributed by atoms with Gasteiger partial charge in [-0.1, -0.05) is 0 Å². The predicted octanol–water partition coefficient (Wildman–Crippen LogP) is 2.31. The van der Waals surface area contributed by atoms with E-state index in [1.165, 1.54) is 57.7 Å². The van der Waals surface area contributed by atoms with Crippen LogP contribution in [0.2, 0.25) is 0 Å². The van der Waals surface area contributed by atoms with Gasteiger partial charge in [-0.05, 0) is 39.7 Å². The standard InChI is InChI=1S/C18H27N5/c1-14-17-13-20-18(23(17)8-7-19-14)15-3-5-16(6-4-15)22-11-9-21(2)10-12-22/h7-8,13,15-16H,3-6,9-12H2,1-2H3/t15-,16-. The second-order valence-electron chi connectivity index (χ2n) is 7.23. The summed E-state index contributed by atoms with van der Waals surface area (Å²) in [7, 11) is 2.23. The van der Waals surface area contributed by atoms with Crippen LogP contribution < -0.4 is 0 Å². The van der Waals surface area contributed by atoms with Gasteiger partial charge in [0.05, 0.1) is 17.4 Å². The zero-order valence-corrected chi connectivity index (χ0v) is 14.3. The van der Waals surface area contributed by atoms with Gasteiger partial charge in [0.2, 0.25) is 0 Å². The van der Waals surface area contributed by atoms with E-state index in [2.05, 4.69) is 39.4 Å². The number of aromatic nitrogens is 3. The molecule has 0 spiro atoms. The number of rotatable bonds is 2. The van der Waals surface area contributed by atoms with Crippen molar-refractivity contribution in [3.05, 3.63) is 30.1 Å². The number of imidazole rings is 1. The third kappa shape index (κ3) is 2.88. The second-order valence-corrected chi connectivity index (χ2v) is 7.23. The predicted molar refractivity (Wildman–Crippen MR) is 91.8 cm³/mol. The van der Waals surface area contributed by atoms with Gasteiger partial charge in [-0.15, -0.1) is 0 Å². The Morgan fingerprint density at radius 3 is 2.48 bits per heavy atom. The molecule has 23 heavy (non-hydrogen) atoms. The molecule has 0 radical (unpaired) electrons. The van der Waals surface area contributed by atoms with Gasteiger partial charge in [-0.2, -0.15) is 0 Å². The average molecular weight is 313 g/mol. The Bertz CT molecular complexity index is 663. The van der Waals surface area contributed by atoms with E-state index in [1.807, 2.05) is 12.4 Å². The van der Waals surface area contributed by atoms with Crippen LogP contribution >= 0.6 is 0 Å². The highest BCUT2D eigenvalue weighted by molar-refractivity contribution is 5.50. The van der Waals surface area contributed by atoms with Crippen LogP contribution in [0.3, 0.4) is 0 Å². The number of nitrogens with zero attached hydrogens (tertiary/aromatic N) is 5. The molecule has 3 heterocycles. The minimum absolute atomic E-state index is 0.600. The van der Waals surface area contributed by atoms with Gasteiger partial charge in [-0.3, -0.25) is 9.88 Å². The molecule has 0 aromatic carbocycles. The van der Waals surface area contributed by atoms with Crippen LogP contribution in [-0.2, 0) is 0 Å². The Balaban J connectivity index is 1.44. The topological polar surface area (TPSA) is 36.7 Å². The number of piperazine rings is 1. The van der Waals surface area contributed by atoms with E-state index in [9.17, 15) is 0 Å². The Labute approximate surface area is 138 Å². The van der Waals surface area contributed by atoms with E-state index in [4.69, 9.17) is 4.98 Å². The van der Waals surface area contributed by atoms with Crippen LogP contribution in [-0.4, -0.2) is 63.4 Å². The van der Waals surface area contributed by atoms with E-state index < -0.39 is 0 Å². The van der Waals surface area contributed by atoms with Gasteiger partial charge in [-0.25, -0.2) is 4.98 Å². The number of likely N-dealkylation sites (N-methyl/N-ethyl adjacent to an activating group) is 1. The molecule has 0 unspecified atom stereocenters. The summed E-state index contributed by atoms with van der Waals surface area (Å²) in [4.78, 5) is 14.3. The zero-order valence-electron chi connectivity index (χ0n) is 14.3. The van der Waals surface area contributed by atoms with Crippen LogP contribution in [0.15, 0.2) is 18.6 Å². The summed E-state index contributed by atoms with van der Waals surface area (Å²) in [5.74, 6) is 1.84. The Kier molecular flexibility index (Phi) is 4.07. The first-order chi connectivity index (χ1) is 11.2. The number of hydrogen-bond acceptors (Lipinski definition) is 4. The van der Waals surface area contributed by atoms with Crippen molar-refractivity contribution in [3.63, 3.8) is 0 Å². The van der Waals surface area contributed by atoms with Crippen molar-refractivity contribution in [1.29, 1.82) is 0 Å². The minimum atomic E-state index is 0.600. The molecular weight excluding hydrogens is 286 g/mol. The SMILES string of the molecule is Cc1nccn2c1cnc2[C@H]1CC[C@H](N2CCN(C)CC2)CC1. The minimum Gasteiger partial charge on any atom is -0.304 e. The van der Waals surface area contributed by atoms with Crippen molar-refractivity contribution < 1.29 is 0 Å². The zero-order chi connectivity index (χ0) is 15.8. The van der Waals surface area contributed by atoms with E-state index >= 15 is 0 Å². The Morgan fingerprint density at radius 1 is 1.00 bits per heavy atom. The van der Waals surface area contributed by atoms with Crippen LogP contribution in [0.1, 0.15) is 43.1 Å². The molecule has 0 amide bonds. The van der Waals surface area contributed by atoms with Crippen LogP contribution in [0.25, 0.3) is 5.52 Å². The van der Waals surface area contributed by atoms with Crippen molar-refractivity contribution in [2.75, 3.05) is 33.2 Å². The molecule has 0 bridgehead atoms. The highest BCUT2D eigenvalue weighted by atomic mass is 15.3. The summed E-state index contributed by atoms with van der Waals surface area (Å²) in [6, 6.07) is 0.787. The molecule has 2 aliphatic rings. The maximum absolute atomic E-state index is 4.73. The third-order valence-electron chi connectivity index (χ3n) is 5.80. The lowest BCUT2D eigenvalue weighted by molar-refractivity contribution is 0.0872. The van der Waals surface area contributed by atoms with E-state index in [0.717, 1.165) is 17.3 Å². The molecule has 124 valence electrons. The number of hydrogen-bond donors (Lipinski definition) is 0. The fraction of sp³-hybridized carbons (Fsp3) is 0.667. The molecule has 0 N–H and O–H groups in total. The lowest BCUT2D eigenvalue weighted by atomic mass is 9.84. The largest absolute Gasteiger partial charge is 0.304 e. The summed E-state index contributed by atoms with van der Waals surface area (Å²) >= 11 is 0. The molecule has 5 heteroatoms. The molecule has 1 saturated heterocycles. The van der Waals surface area contributed by atoms with Crippen molar-refractivity contribution >= 4 is 5.52 Å². The lowest BCUT2D eigenvalue weighted by Gasteiger charge is -2.41. The molecule has 1 saturated carbocycles. The molecular formula is C18H27N5. The summed E-state index contributed by atoms with van der Waals surface area (Å²) in [5.41, 5.74) is 2.22. The smallest absolute Gasteiger partial charge is 0.116 e. The molecule has 2 aromatic rings. The third-order valence-corrected chi connectivity index (χ3v) is 5.80. The van der Waals surface area contributed by atoms with Crippen LogP contribution in [0.5, 0.6) is 0 Å². The summed E-state index contributed by atoms with van der Waals surface area (Å²) < 4.78 is 2.25. The molecule has 1 aliphatic carbocycles. The maximum Gasteiger partial charge on any atom is 0.116 e. The van der Waals surface area contributed by atoms with Gasteiger partial charge in [0.15, 0.2) is 0 Å². The van der Waals surface area contributed by atoms with E-state index in [-0.39, 0.29) is 0 Å². The van der Waals surface area contributed by atoms with Crippen molar-refractivity contribution in [3.8, 4) is 0 Å². The first-order valence-corrected chi connectivity index (χ1v) is 8.93. The monoisotopic (exact) mass is 313 g/mol. The highest BCUT2D eigenvalue weighted by Gasteiger charge is 2.29. The van der Waals surface area contributed by atoms with Crippen LogP contribution in [0, 0.1) is 6.92 Å². The summed E-state index contributed by atoms with van der Waals surface area (Å²) in [6.07, 6.45) is 11.1.